The fourth-order valence-corrected chi connectivity index (χ4v) is 7.62. The van der Waals surface area contributed by atoms with Gasteiger partial charge in [-0.25, -0.2) is 8.78 Å². The van der Waals surface area contributed by atoms with Crippen LogP contribution in [0.1, 0.15) is 85.0 Å². The maximum Gasteiger partial charge on any atom is 0.416 e. The molecule has 0 spiro atoms. The van der Waals surface area contributed by atoms with Crippen LogP contribution in [0.15, 0.2) is 41.3 Å². The fourth-order valence-electron chi connectivity index (χ4n) is 7.62. The van der Waals surface area contributed by atoms with E-state index in [9.17, 15) is 37.1 Å². The van der Waals surface area contributed by atoms with Crippen molar-refractivity contribution >= 4 is 11.9 Å². The van der Waals surface area contributed by atoms with Crippen LogP contribution in [0, 0.1) is 43.7 Å². The Kier molecular flexibility index (Phi) is 11.6. The van der Waals surface area contributed by atoms with Crippen LogP contribution in [0.3, 0.4) is 0 Å². The zero-order valence-corrected chi connectivity index (χ0v) is 29.4. The van der Waals surface area contributed by atoms with E-state index in [1.807, 2.05) is 0 Å². The summed E-state index contributed by atoms with van der Waals surface area (Å²) in [5.41, 5.74) is -0.627. The van der Waals surface area contributed by atoms with Gasteiger partial charge in [-0.1, -0.05) is 19.8 Å². The number of morpholine rings is 1. The molecule has 3 aromatic rings. The molecule has 2 N–H and O–H groups in total. The Morgan fingerprint density at radius 3 is 2.25 bits per heavy atom. The number of aryl methyl sites for hydroxylation is 2. The molecule has 5 rings (SSSR count). The number of rotatable bonds is 12. The number of ether oxygens (including phenoxy) is 1. The summed E-state index contributed by atoms with van der Waals surface area (Å²) in [6.45, 7) is 8.09. The number of carboxylic acids is 1. The first kappa shape index (κ1) is 38.7. The maximum atomic E-state index is 15.8. The predicted molar refractivity (Wildman–Crippen MR) is 185 cm³/mol. The number of hydrogen-bond donors (Lipinski definition) is 2. The number of aromatic nitrogens is 1. The molecule has 0 radical (unpaired) electrons. The van der Waals surface area contributed by atoms with Crippen molar-refractivity contribution in [3.05, 3.63) is 91.9 Å². The Morgan fingerprint density at radius 1 is 1.06 bits per heavy atom. The molecule has 4 atom stereocenters. The quantitative estimate of drug-likeness (QED) is 0.159. The van der Waals surface area contributed by atoms with Gasteiger partial charge in [0.2, 0.25) is 5.91 Å². The van der Waals surface area contributed by atoms with Crippen LogP contribution in [0.4, 0.5) is 22.0 Å². The molecule has 2 aliphatic rings. The molecule has 0 saturated carbocycles. The lowest BCUT2D eigenvalue weighted by atomic mass is 9.88. The van der Waals surface area contributed by atoms with Gasteiger partial charge < -0.3 is 19.7 Å². The Balaban J connectivity index is 1.54. The van der Waals surface area contributed by atoms with Gasteiger partial charge in [0, 0.05) is 42.0 Å². The summed E-state index contributed by atoms with van der Waals surface area (Å²) in [5, 5.41) is 12.4. The summed E-state index contributed by atoms with van der Waals surface area (Å²) in [6, 6.07) is 2.76. The molecule has 13 heteroatoms. The Morgan fingerprint density at radius 2 is 1.69 bits per heavy atom. The van der Waals surface area contributed by atoms with Crippen LogP contribution in [0.5, 0.6) is 0 Å². The number of nitrogens with one attached hydrogen (secondary N) is 1. The number of aliphatic carboxylic acids is 1. The van der Waals surface area contributed by atoms with Gasteiger partial charge in [0.15, 0.2) is 0 Å². The molecular formula is C39H42F5N3O5. The molecule has 1 aromatic heterocycles. The highest BCUT2D eigenvalue weighted by Crippen LogP contribution is 2.36. The number of carbonyl (C=O) groups is 2. The van der Waals surface area contributed by atoms with Gasteiger partial charge in [-0.3, -0.25) is 19.3 Å². The first-order valence-corrected chi connectivity index (χ1v) is 17.2. The third-order valence-corrected chi connectivity index (χ3v) is 9.96. The molecular weight excluding hydrogens is 685 g/mol. The molecule has 2 aliphatic heterocycles. The molecule has 1 amide bonds. The van der Waals surface area contributed by atoms with E-state index < -0.39 is 59.3 Å². The lowest BCUT2D eigenvalue weighted by Crippen LogP contribution is -2.46. The Bertz CT molecular complexity index is 1910. The van der Waals surface area contributed by atoms with Crippen LogP contribution < -0.4 is 10.9 Å². The van der Waals surface area contributed by atoms with Crippen molar-refractivity contribution < 1.29 is 41.4 Å². The average molecular weight is 728 g/mol. The minimum atomic E-state index is -4.83. The van der Waals surface area contributed by atoms with E-state index in [-0.39, 0.29) is 47.5 Å². The second kappa shape index (κ2) is 15.6. The zero-order valence-electron chi connectivity index (χ0n) is 29.4. The number of hydrogen-bond acceptors (Lipinski definition) is 5. The van der Waals surface area contributed by atoms with Crippen molar-refractivity contribution in [2.24, 2.45) is 5.92 Å². The number of fused-ring (bicyclic) bond motifs is 2. The summed E-state index contributed by atoms with van der Waals surface area (Å²) in [4.78, 5) is 41.7. The van der Waals surface area contributed by atoms with Crippen molar-refractivity contribution in [3.8, 4) is 23.5 Å². The second-order valence-corrected chi connectivity index (χ2v) is 14.1. The van der Waals surface area contributed by atoms with Gasteiger partial charge in [-0.05, 0) is 97.5 Å². The lowest BCUT2D eigenvalue weighted by Gasteiger charge is -2.34. The van der Waals surface area contributed by atoms with Gasteiger partial charge in [-0.2, -0.15) is 13.2 Å². The average Bonchev–Trinajstić information content (AvgIpc) is 3.26. The number of carbonyl (C=O) groups excluding carboxylic acids is 1. The molecule has 2 bridgehead atoms. The maximum absolute atomic E-state index is 15.8. The Labute approximate surface area is 299 Å². The number of amides is 1. The lowest BCUT2D eigenvalue weighted by molar-refractivity contribution is -0.139. The molecule has 2 aromatic carbocycles. The molecule has 278 valence electrons. The number of benzene rings is 2. The highest BCUT2D eigenvalue weighted by molar-refractivity contribution is 5.82. The first-order valence-electron chi connectivity index (χ1n) is 17.2. The second-order valence-electron chi connectivity index (χ2n) is 14.1. The van der Waals surface area contributed by atoms with Gasteiger partial charge in [0.05, 0.1) is 31.2 Å². The minimum Gasteiger partial charge on any atom is -0.481 e. The Hall–Kier alpha value is -4.54. The van der Waals surface area contributed by atoms with Crippen LogP contribution in [0.2, 0.25) is 0 Å². The monoisotopic (exact) mass is 727 g/mol. The van der Waals surface area contributed by atoms with Gasteiger partial charge in [0.25, 0.3) is 5.56 Å². The first-order chi connectivity index (χ1) is 24.5. The van der Waals surface area contributed by atoms with Crippen LogP contribution in [-0.2, 0) is 26.9 Å². The number of terminal acetylenes is 1. The zero-order chi connectivity index (χ0) is 38.1. The van der Waals surface area contributed by atoms with E-state index in [4.69, 9.17) is 11.2 Å². The van der Waals surface area contributed by atoms with Crippen LogP contribution in [0.25, 0.3) is 11.1 Å². The van der Waals surface area contributed by atoms with Crippen molar-refractivity contribution in [1.29, 1.82) is 0 Å². The molecule has 3 heterocycles. The number of nitrogens with zero attached hydrogens (tertiary/aromatic N) is 2. The summed E-state index contributed by atoms with van der Waals surface area (Å²) in [6.07, 6.45) is 2.88. The highest BCUT2D eigenvalue weighted by atomic mass is 19.4. The highest BCUT2D eigenvalue weighted by Gasteiger charge is 2.39. The summed E-state index contributed by atoms with van der Waals surface area (Å²) in [5.74, 6) is -1.49. The van der Waals surface area contributed by atoms with E-state index in [2.05, 4.69) is 16.1 Å². The molecule has 0 aliphatic carbocycles. The van der Waals surface area contributed by atoms with Crippen molar-refractivity contribution in [2.75, 3.05) is 19.8 Å². The normalized spacial score (nSPS) is 18.6. The number of alkyl halides is 3. The summed E-state index contributed by atoms with van der Waals surface area (Å²) < 4.78 is 79.3. The fraction of sp³-hybridized carbons (Fsp3) is 0.462. The molecule has 2 fully saturated rings. The van der Waals surface area contributed by atoms with E-state index in [0.717, 1.165) is 29.7 Å². The summed E-state index contributed by atoms with van der Waals surface area (Å²) in [7, 11) is 0. The molecule has 8 nitrogen and oxygen atoms in total. The van der Waals surface area contributed by atoms with E-state index in [1.54, 1.807) is 27.7 Å². The third kappa shape index (κ3) is 8.40. The smallest absolute Gasteiger partial charge is 0.416 e. The number of carboxylic acid groups (broad SMARTS) is 1. The van der Waals surface area contributed by atoms with Gasteiger partial charge in [-0.15, -0.1) is 6.42 Å². The van der Waals surface area contributed by atoms with Crippen molar-refractivity contribution in [2.45, 2.75) is 90.1 Å². The number of pyridine rings is 1. The molecule has 52 heavy (non-hydrogen) atoms. The third-order valence-electron chi connectivity index (χ3n) is 9.96. The van der Waals surface area contributed by atoms with Crippen molar-refractivity contribution in [1.82, 2.24) is 14.8 Å². The number of halogens is 5. The van der Waals surface area contributed by atoms with E-state index in [1.165, 1.54) is 18.2 Å². The standard InChI is InChI=1S/C39H42F5N3O5/c1-6-24-14-32(41)30(15-29(24)37-22(4)12-26(40)13-23(37)5)33(17-36(49)50)45-38(51)34(11-21(2)3)47-18-25(31(16-35(47)48)39(42,43)44)9-10-46-27-7-8-28(46)20-52-19-27/h1,12-16,18,21,27-28,33-34H,7-11,17,19-20H2,2-5H3,(H,45,51)(H,49,50)/t27?,28?,33-,34+/m1/s1. The van der Waals surface area contributed by atoms with E-state index >= 15 is 4.39 Å². The SMILES string of the molecule is C#Cc1cc(F)c([C@@H](CC(=O)O)NC(=O)[C@H](CC(C)C)n2cc(CCN3C4CCC3COC4)c(C(F)(F)F)cc2=O)cc1-c1c(C)cc(F)cc1C. The van der Waals surface area contributed by atoms with Gasteiger partial charge >= 0.3 is 12.1 Å². The molecule has 2 saturated heterocycles. The topological polar surface area (TPSA) is 101 Å². The van der Waals surface area contributed by atoms with Crippen LogP contribution >= 0.6 is 0 Å². The summed E-state index contributed by atoms with van der Waals surface area (Å²) >= 11 is 0. The molecule has 2 unspecified atom stereocenters. The largest absolute Gasteiger partial charge is 0.481 e. The predicted octanol–water partition coefficient (Wildman–Crippen LogP) is 6.74. The minimum absolute atomic E-state index is 0.00167. The van der Waals surface area contributed by atoms with Crippen molar-refractivity contribution in [3.63, 3.8) is 0 Å². The van der Waals surface area contributed by atoms with E-state index in [0.29, 0.717) is 48.1 Å². The van der Waals surface area contributed by atoms with Gasteiger partial charge in [0.1, 0.15) is 17.7 Å². The van der Waals surface area contributed by atoms with Crippen LogP contribution in [-0.4, -0.2) is 58.3 Å².